The molecule has 0 fully saturated rings. The van der Waals surface area contributed by atoms with E-state index in [4.69, 9.17) is 21.9 Å². The van der Waals surface area contributed by atoms with Crippen LogP contribution in [0.4, 0.5) is 0 Å². The van der Waals surface area contributed by atoms with Crippen LogP contribution in [-0.2, 0) is 25.6 Å². The van der Waals surface area contributed by atoms with Crippen LogP contribution in [0.2, 0.25) is 0 Å². The van der Waals surface area contributed by atoms with E-state index >= 15 is 0 Å². The summed E-state index contributed by atoms with van der Waals surface area (Å²) in [7, 11) is 6.53. The fourth-order valence-corrected chi connectivity index (χ4v) is 5.54. The number of para-hydroxylation sites is 1. The standard InChI is InChI=1S/C20H12As2BN2O4/c1-8(26)28-17-10-6-13-16-11(15(21)9-4-2-3-5-12(9)24-16)7-25(13)19(23)14(10)18(22)29-20(17)27/h2-6,17-18H,7H2,1H3. The van der Waals surface area contributed by atoms with Crippen molar-refractivity contribution in [3.05, 3.63) is 52.7 Å². The van der Waals surface area contributed by atoms with Crippen LogP contribution in [-0.4, -0.2) is 79.6 Å². The molecule has 5 radical (unpaired) electrons. The third-order valence-electron chi connectivity index (χ3n) is 5.24. The first-order valence-electron chi connectivity index (χ1n) is 8.89. The van der Waals surface area contributed by atoms with Crippen molar-refractivity contribution in [2.45, 2.75) is 24.5 Å². The molecule has 0 bridgehead atoms. The SMILES string of the molecule is [B]=C1C2=C(C=C3c4nc5ccccc5c([As])c4CN13)C(OC(C)=O)C(=O)OC2[As]. The molecule has 29 heavy (non-hydrogen) atoms. The van der Waals surface area contributed by atoms with Gasteiger partial charge in [0, 0.05) is 0 Å². The van der Waals surface area contributed by atoms with E-state index in [1.165, 1.54) is 6.92 Å². The Balaban J connectivity index is 1.72. The molecule has 9 heteroatoms. The van der Waals surface area contributed by atoms with Crippen LogP contribution >= 0.6 is 0 Å². The predicted octanol–water partition coefficient (Wildman–Crippen LogP) is -0.223. The normalized spacial score (nSPS) is 22.7. The molecule has 0 spiro atoms. The molecule has 1 aromatic heterocycles. The number of rotatable bonds is 1. The van der Waals surface area contributed by atoms with E-state index in [1.54, 1.807) is 0 Å². The van der Waals surface area contributed by atoms with Crippen molar-refractivity contribution in [1.82, 2.24) is 9.88 Å². The minimum absolute atomic E-state index is 0.474. The number of carbonyl (C=O) groups is 2. The van der Waals surface area contributed by atoms with Crippen molar-refractivity contribution in [3.63, 3.8) is 0 Å². The molecule has 0 aliphatic carbocycles. The van der Waals surface area contributed by atoms with Gasteiger partial charge in [-0.2, -0.15) is 0 Å². The third-order valence-corrected chi connectivity index (χ3v) is 7.07. The molecule has 0 N–H and O–H groups in total. The van der Waals surface area contributed by atoms with Gasteiger partial charge in [-0.3, -0.25) is 0 Å². The summed E-state index contributed by atoms with van der Waals surface area (Å²) in [6, 6.07) is 7.95. The fraction of sp³-hybridized carbons (Fsp3) is 0.200. The van der Waals surface area contributed by atoms with E-state index in [1.807, 2.05) is 35.2 Å². The number of cyclic esters (lactones) is 1. The monoisotopic (exact) mass is 505 g/mol. The Morgan fingerprint density at radius 3 is 2.90 bits per heavy atom. The zero-order valence-corrected chi connectivity index (χ0v) is 19.0. The van der Waals surface area contributed by atoms with Gasteiger partial charge in [-0.15, -0.1) is 0 Å². The van der Waals surface area contributed by atoms with Crippen LogP contribution in [0.3, 0.4) is 0 Å². The average Bonchev–Trinajstić information content (AvgIpc) is 3.04. The van der Waals surface area contributed by atoms with Crippen molar-refractivity contribution >= 4 is 79.7 Å². The molecule has 0 saturated carbocycles. The van der Waals surface area contributed by atoms with E-state index in [2.05, 4.69) is 33.7 Å². The molecule has 3 aliphatic heterocycles. The van der Waals surface area contributed by atoms with Crippen molar-refractivity contribution in [3.8, 4) is 0 Å². The molecule has 0 saturated heterocycles. The maximum atomic E-state index is 12.4. The van der Waals surface area contributed by atoms with Gasteiger partial charge in [-0.1, -0.05) is 0 Å². The van der Waals surface area contributed by atoms with Crippen molar-refractivity contribution < 1.29 is 19.1 Å². The number of carbonyl (C=O) groups excluding carboxylic acids is 2. The fourth-order valence-electron chi connectivity index (χ4n) is 3.97. The quantitative estimate of drug-likeness (QED) is 0.395. The summed E-state index contributed by atoms with van der Waals surface area (Å²) in [5.41, 5.74) is 5.22. The van der Waals surface area contributed by atoms with Gasteiger partial charge in [0.05, 0.1) is 0 Å². The van der Waals surface area contributed by atoms with Gasteiger partial charge in [0.25, 0.3) is 0 Å². The van der Waals surface area contributed by atoms with Gasteiger partial charge in [0.1, 0.15) is 0 Å². The molecule has 4 heterocycles. The zero-order valence-electron chi connectivity index (χ0n) is 15.2. The van der Waals surface area contributed by atoms with Gasteiger partial charge in [0.2, 0.25) is 0 Å². The molecule has 2 aromatic rings. The Labute approximate surface area is 185 Å². The molecule has 2 atom stereocenters. The van der Waals surface area contributed by atoms with E-state index in [-0.39, 0.29) is 0 Å². The Kier molecular flexibility index (Phi) is 4.38. The van der Waals surface area contributed by atoms with Gasteiger partial charge in [-0.05, 0) is 0 Å². The first-order chi connectivity index (χ1) is 13.9. The number of aromatic nitrogens is 1. The summed E-state index contributed by atoms with van der Waals surface area (Å²) in [5, 5.41) is 1.07. The molecule has 1 aromatic carbocycles. The summed E-state index contributed by atoms with van der Waals surface area (Å²) < 4.78 is 11.7. The first kappa shape index (κ1) is 18.9. The van der Waals surface area contributed by atoms with Crippen molar-refractivity contribution in [2.24, 2.45) is 0 Å². The summed E-state index contributed by atoms with van der Waals surface area (Å²) >= 11 is 4.93. The molecule has 3 aliphatic rings. The summed E-state index contributed by atoms with van der Waals surface area (Å²) in [6.07, 6.45) is 0.706. The van der Waals surface area contributed by atoms with E-state index < -0.39 is 22.9 Å². The minimum atomic E-state index is -1.14. The topological polar surface area (TPSA) is 68.7 Å². The van der Waals surface area contributed by atoms with Gasteiger partial charge >= 0.3 is 186 Å². The van der Waals surface area contributed by atoms with E-state index in [9.17, 15) is 9.59 Å². The van der Waals surface area contributed by atoms with Gasteiger partial charge < -0.3 is 0 Å². The number of hydrogen-bond donors (Lipinski definition) is 0. The zero-order chi connectivity index (χ0) is 20.4. The number of nitrogens with zero attached hydrogens (tertiary/aromatic N) is 2. The molecule has 6 nitrogen and oxygen atoms in total. The second kappa shape index (κ2) is 6.72. The van der Waals surface area contributed by atoms with Crippen molar-refractivity contribution in [1.29, 1.82) is 0 Å². The molecular weight excluding hydrogens is 493 g/mol. The second-order valence-corrected chi connectivity index (χ2v) is 8.88. The Bertz CT molecular complexity index is 1210. The predicted molar refractivity (Wildman–Crippen MR) is 110 cm³/mol. The second-order valence-electron chi connectivity index (χ2n) is 6.95. The van der Waals surface area contributed by atoms with E-state index in [0.717, 1.165) is 32.2 Å². The van der Waals surface area contributed by atoms with Gasteiger partial charge in [0.15, 0.2) is 0 Å². The van der Waals surface area contributed by atoms with Crippen LogP contribution in [0.15, 0.2) is 41.5 Å². The van der Waals surface area contributed by atoms with E-state index in [0.29, 0.717) is 23.3 Å². The third kappa shape index (κ3) is 2.78. The molecule has 5 rings (SSSR count). The van der Waals surface area contributed by atoms with Crippen LogP contribution < -0.4 is 4.35 Å². The Hall–Kier alpha value is -2.10. The van der Waals surface area contributed by atoms with Crippen LogP contribution in [0.25, 0.3) is 16.6 Å². The average molecular weight is 505 g/mol. The molecular formula is C20H12As2BN2O4. The maximum absolute atomic E-state index is 12.4. The number of pyridine rings is 1. The van der Waals surface area contributed by atoms with Crippen LogP contribution in [0.1, 0.15) is 18.2 Å². The molecule has 139 valence electrons. The Morgan fingerprint density at radius 2 is 2.14 bits per heavy atom. The van der Waals surface area contributed by atoms with Crippen molar-refractivity contribution in [2.75, 3.05) is 0 Å². The number of ether oxygens (including phenoxy) is 2. The molecule has 2 unspecified atom stereocenters. The number of benzene rings is 1. The summed E-state index contributed by atoms with van der Waals surface area (Å²) in [6.45, 7) is 1.83. The summed E-state index contributed by atoms with van der Waals surface area (Å²) in [4.78, 5) is 30.2. The van der Waals surface area contributed by atoms with Crippen LogP contribution in [0, 0.1) is 0 Å². The summed E-state index contributed by atoms with van der Waals surface area (Å²) in [5.74, 6) is -1.17. The number of fused-ring (bicyclic) bond motifs is 4. The number of hydrogen-bond acceptors (Lipinski definition) is 6. The molecule has 0 amide bonds. The Morgan fingerprint density at radius 1 is 1.38 bits per heavy atom. The van der Waals surface area contributed by atoms with Crippen LogP contribution in [0.5, 0.6) is 0 Å². The number of esters is 2. The first-order valence-corrected chi connectivity index (χ1v) is 10.9. The van der Waals surface area contributed by atoms with Gasteiger partial charge in [-0.25, -0.2) is 0 Å².